The maximum Gasteiger partial charge on any atom is 0.230 e. The van der Waals surface area contributed by atoms with E-state index in [2.05, 4.69) is 15.5 Å². The van der Waals surface area contributed by atoms with Gasteiger partial charge in [0.15, 0.2) is 4.34 Å². The predicted octanol–water partition coefficient (Wildman–Crippen LogP) is 4.29. The zero-order valence-electron chi connectivity index (χ0n) is 12.9. The van der Waals surface area contributed by atoms with Gasteiger partial charge in [-0.05, 0) is 29.3 Å². The van der Waals surface area contributed by atoms with Gasteiger partial charge in [0.1, 0.15) is 11.6 Å². The molecule has 0 aliphatic carbocycles. The smallest absolute Gasteiger partial charge is 0.230 e. The van der Waals surface area contributed by atoms with Crippen LogP contribution in [0.3, 0.4) is 0 Å². The Balaban J connectivity index is 1.53. The fraction of sp³-hybridized carbons (Fsp3) is 0.118. The number of nitrogens with zero attached hydrogens (tertiary/aromatic N) is 2. The molecule has 0 spiro atoms. The summed E-state index contributed by atoms with van der Waals surface area (Å²) in [7, 11) is 0. The summed E-state index contributed by atoms with van der Waals surface area (Å²) < 4.78 is 27.1. The van der Waals surface area contributed by atoms with Crippen molar-refractivity contribution in [2.24, 2.45) is 0 Å². The third-order valence-corrected chi connectivity index (χ3v) is 5.28. The van der Waals surface area contributed by atoms with Gasteiger partial charge >= 0.3 is 0 Å². The molecule has 4 nitrogen and oxygen atoms in total. The minimum absolute atomic E-state index is 0.0652. The van der Waals surface area contributed by atoms with Crippen LogP contribution in [0.15, 0.2) is 52.9 Å². The fourth-order valence-corrected chi connectivity index (χ4v) is 3.75. The lowest BCUT2D eigenvalue weighted by Crippen LogP contribution is -2.15. The Kier molecular flexibility index (Phi) is 5.72. The van der Waals surface area contributed by atoms with Crippen LogP contribution in [-0.2, 0) is 17.0 Å². The van der Waals surface area contributed by atoms with Gasteiger partial charge in [-0.1, -0.05) is 53.4 Å². The molecule has 1 aromatic heterocycles. The van der Waals surface area contributed by atoms with Gasteiger partial charge in [0, 0.05) is 5.75 Å². The SMILES string of the molecule is O=C(Cc1ccccc1F)Nc1nnc(SCc2ccc(F)cc2)s1. The highest BCUT2D eigenvalue weighted by Gasteiger charge is 2.11. The average molecular weight is 377 g/mol. The standard InChI is InChI=1S/C17H13F2N3OS2/c18-13-7-5-11(6-8-13)10-24-17-22-21-16(25-17)20-15(23)9-12-3-1-2-4-14(12)19/h1-8H,9-10H2,(H,20,21,23). The molecular weight excluding hydrogens is 364 g/mol. The van der Waals surface area contributed by atoms with Crippen molar-refractivity contribution in [1.29, 1.82) is 0 Å². The number of hydrogen-bond acceptors (Lipinski definition) is 5. The van der Waals surface area contributed by atoms with Gasteiger partial charge in [-0.3, -0.25) is 4.79 Å². The van der Waals surface area contributed by atoms with Crippen LogP contribution in [0, 0.1) is 11.6 Å². The number of benzene rings is 2. The summed E-state index contributed by atoms with van der Waals surface area (Å²) in [5, 5.41) is 10.9. The lowest BCUT2D eigenvalue weighted by atomic mass is 10.1. The number of halogens is 2. The third-order valence-electron chi connectivity index (χ3n) is 3.24. The second-order valence-corrected chi connectivity index (χ2v) is 7.30. The van der Waals surface area contributed by atoms with Crippen LogP contribution in [0.1, 0.15) is 11.1 Å². The van der Waals surface area contributed by atoms with Gasteiger partial charge in [0.25, 0.3) is 0 Å². The van der Waals surface area contributed by atoms with E-state index < -0.39 is 5.82 Å². The van der Waals surface area contributed by atoms with Crippen molar-refractivity contribution in [3.05, 3.63) is 71.3 Å². The van der Waals surface area contributed by atoms with Crippen LogP contribution >= 0.6 is 23.1 Å². The van der Waals surface area contributed by atoms with Crippen LogP contribution in [0.4, 0.5) is 13.9 Å². The molecule has 0 saturated heterocycles. The number of amides is 1. The lowest BCUT2D eigenvalue weighted by molar-refractivity contribution is -0.115. The molecule has 0 radical (unpaired) electrons. The molecule has 0 unspecified atom stereocenters. The Morgan fingerprint density at radius 1 is 1.08 bits per heavy atom. The number of thioether (sulfide) groups is 1. The van der Waals surface area contributed by atoms with E-state index in [1.165, 1.54) is 41.3 Å². The molecule has 0 bridgehead atoms. The summed E-state index contributed by atoms with van der Waals surface area (Å²) >= 11 is 2.68. The van der Waals surface area contributed by atoms with Gasteiger partial charge in [-0.15, -0.1) is 10.2 Å². The first kappa shape index (κ1) is 17.5. The molecule has 3 aromatic rings. The van der Waals surface area contributed by atoms with Gasteiger partial charge in [-0.25, -0.2) is 8.78 Å². The van der Waals surface area contributed by atoms with Crippen LogP contribution in [-0.4, -0.2) is 16.1 Å². The number of aromatic nitrogens is 2. The van der Waals surface area contributed by atoms with Crippen molar-refractivity contribution in [3.63, 3.8) is 0 Å². The summed E-state index contributed by atoms with van der Waals surface area (Å²) in [5.41, 5.74) is 1.29. The Morgan fingerprint density at radius 2 is 1.84 bits per heavy atom. The van der Waals surface area contributed by atoms with Gasteiger partial charge in [0.2, 0.25) is 11.0 Å². The third kappa shape index (κ3) is 5.07. The Bertz CT molecular complexity index is 868. The number of carbonyl (C=O) groups excluding carboxylic acids is 1. The van der Waals surface area contributed by atoms with E-state index >= 15 is 0 Å². The second-order valence-electron chi connectivity index (χ2n) is 5.10. The Morgan fingerprint density at radius 3 is 2.60 bits per heavy atom. The Hall–Kier alpha value is -2.32. The van der Waals surface area contributed by atoms with E-state index in [9.17, 15) is 13.6 Å². The van der Waals surface area contributed by atoms with Crippen molar-refractivity contribution in [2.45, 2.75) is 16.5 Å². The molecule has 3 rings (SSSR count). The predicted molar refractivity (Wildman–Crippen MR) is 94.6 cm³/mol. The van der Waals surface area contributed by atoms with Crippen LogP contribution in [0.25, 0.3) is 0 Å². The first-order chi connectivity index (χ1) is 12.1. The van der Waals surface area contributed by atoms with E-state index in [1.54, 1.807) is 30.3 Å². The van der Waals surface area contributed by atoms with Gasteiger partial charge in [-0.2, -0.15) is 0 Å². The largest absolute Gasteiger partial charge is 0.300 e. The van der Waals surface area contributed by atoms with Crippen LogP contribution in [0.5, 0.6) is 0 Å². The minimum atomic E-state index is -0.412. The topological polar surface area (TPSA) is 54.9 Å². The van der Waals surface area contributed by atoms with E-state index in [0.717, 1.165) is 5.56 Å². The molecule has 1 amide bonds. The summed E-state index contributed by atoms with van der Waals surface area (Å²) in [5.74, 6) is -0.413. The second kappa shape index (κ2) is 8.17. The molecule has 128 valence electrons. The van der Waals surface area contributed by atoms with E-state index in [-0.39, 0.29) is 18.1 Å². The molecule has 8 heteroatoms. The van der Waals surface area contributed by atoms with Crippen molar-refractivity contribution < 1.29 is 13.6 Å². The summed E-state index contributed by atoms with van der Waals surface area (Å²) in [6.45, 7) is 0. The molecule has 0 aliphatic rings. The first-order valence-corrected chi connectivity index (χ1v) is 9.14. The van der Waals surface area contributed by atoms with E-state index in [4.69, 9.17) is 0 Å². The zero-order chi connectivity index (χ0) is 17.6. The maximum atomic E-state index is 13.5. The molecule has 1 N–H and O–H groups in total. The number of rotatable bonds is 6. The minimum Gasteiger partial charge on any atom is -0.300 e. The molecule has 2 aromatic carbocycles. The molecule has 0 atom stereocenters. The number of anilines is 1. The van der Waals surface area contributed by atoms with E-state index in [1.807, 2.05) is 0 Å². The zero-order valence-corrected chi connectivity index (χ0v) is 14.5. The van der Waals surface area contributed by atoms with Crippen molar-refractivity contribution >= 4 is 34.1 Å². The highest BCUT2D eigenvalue weighted by molar-refractivity contribution is 8.00. The monoisotopic (exact) mass is 377 g/mol. The maximum absolute atomic E-state index is 13.5. The quantitative estimate of drug-likeness (QED) is 0.514. The van der Waals surface area contributed by atoms with Crippen molar-refractivity contribution in [2.75, 3.05) is 5.32 Å². The molecule has 0 aliphatic heterocycles. The molecule has 0 fully saturated rings. The molecule has 25 heavy (non-hydrogen) atoms. The fourth-order valence-electron chi connectivity index (χ4n) is 2.02. The van der Waals surface area contributed by atoms with Crippen molar-refractivity contribution in [1.82, 2.24) is 10.2 Å². The molecular formula is C17H13F2N3OS2. The molecule has 1 heterocycles. The summed E-state index contributed by atoms with van der Waals surface area (Å²) in [4.78, 5) is 12.0. The molecule has 0 saturated carbocycles. The number of hydrogen-bond donors (Lipinski definition) is 1. The number of carbonyl (C=O) groups is 1. The Labute approximate surface area is 151 Å². The van der Waals surface area contributed by atoms with Crippen LogP contribution in [0.2, 0.25) is 0 Å². The lowest BCUT2D eigenvalue weighted by Gasteiger charge is -2.02. The van der Waals surface area contributed by atoms with Gasteiger partial charge < -0.3 is 5.32 Å². The van der Waals surface area contributed by atoms with Crippen LogP contribution < -0.4 is 5.32 Å². The summed E-state index contributed by atoms with van der Waals surface area (Å²) in [6.07, 6.45) is -0.0652. The summed E-state index contributed by atoms with van der Waals surface area (Å²) in [6, 6.07) is 12.4. The highest BCUT2D eigenvalue weighted by atomic mass is 32.2. The number of nitrogens with one attached hydrogen (secondary N) is 1. The normalized spacial score (nSPS) is 10.6. The highest BCUT2D eigenvalue weighted by Crippen LogP contribution is 2.28. The van der Waals surface area contributed by atoms with Gasteiger partial charge in [0.05, 0.1) is 6.42 Å². The van der Waals surface area contributed by atoms with E-state index in [0.29, 0.717) is 20.8 Å². The van der Waals surface area contributed by atoms with Crippen molar-refractivity contribution in [3.8, 4) is 0 Å². The average Bonchev–Trinajstić information content (AvgIpc) is 3.04. The first-order valence-electron chi connectivity index (χ1n) is 7.34.